The Morgan fingerprint density at radius 3 is 2.54 bits per heavy atom. The van der Waals surface area contributed by atoms with Crippen LogP contribution in [0.4, 0.5) is 4.79 Å². The number of amides is 1. The van der Waals surface area contributed by atoms with Gasteiger partial charge in [-0.05, 0) is 86.7 Å². The number of rotatable bonds is 5. The first-order valence-electron chi connectivity index (χ1n) is 12.0. The van der Waals surface area contributed by atoms with E-state index in [0.717, 1.165) is 30.0 Å². The molecule has 0 bridgehead atoms. The van der Waals surface area contributed by atoms with Crippen LogP contribution in [0.1, 0.15) is 49.4 Å². The SMILES string of the molecule is COc1ccc(CN2C=Cc3cc(OC(=O)[C@@H]4CCN(C(=O)OC(C)(C)C)C4)c(C)cc3C2)cc1. The first-order valence-corrected chi connectivity index (χ1v) is 12.0. The molecular formula is C28H34N2O5. The van der Waals surface area contributed by atoms with E-state index in [0.29, 0.717) is 25.3 Å². The topological polar surface area (TPSA) is 68.3 Å². The Morgan fingerprint density at radius 1 is 1.11 bits per heavy atom. The lowest BCUT2D eigenvalue weighted by Crippen LogP contribution is -2.36. The summed E-state index contributed by atoms with van der Waals surface area (Å²) in [5.74, 6) is 0.757. The zero-order valence-corrected chi connectivity index (χ0v) is 21.2. The number of esters is 1. The molecule has 1 fully saturated rings. The Hall–Kier alpha value is -3.48. The maximum absolute atomic E-state index is 12.9. The van der Waals surface area contributed by atoms with Crippen LogP contribution in [0.2, 0.25) is 0 Å². The van der Waals surface area contributed by atoms with Crippen molar-refractivity contribution in [2.75, 3.05) is 20.2 Å². The third kappa shape index (κ3) is 6.15. The van der Waals surface area contributed by atoms with Crippen molar-refractivity contribution in [2.24, 2.45) is 5.92 Å². The Kier molecular flexibility index (Phi) is 7.05. The summed E-state index contributed by atoms with van der Waals surface area (Å²) < 4.78 is 16.5. The average Bonchev–Trinajstić information content (AvgIpc) is 3.30. The molecule has 1 amide bonds. The van der Waals surface area contributed by atoms with Crippen molar-refractivity contribution < 1.29 is 23.8 Å². The van der Waals surface area contributed by atoms with Crippen molar-refractivity contribution >= 4 is 18.1 Å². The largest absolute Gasteiger partial charge is 0.497 e. The second-order valence-corrected chi connectivity index (χ2v) is 10.2. The average molecular weight is 479 g/mol. The van der Waals surface area contributed by atoms with Crippen molar-refractivity contribution in [3.63, 3.8) is 0 Å². The molecule has 0 saturated carbocycles. The van der Waals surface area contributed by atoms with Gasteiger partial charge in [0.2, 0.25) is 0 Å². The zero-order chi connectivity index (χ0) is 25.2. The standard InChI is InChI=1S/C28H34N2O5/c1-19-14-23-17-29(16-20-6-8-24(33-5)9-7-20)12-10-21(23)15-25(19)34-26(31)22-11-13-30(18-22)27(32)35-28(2,3)4/h6-10,12,14-15,22H,11,13,16-18H2,1-5H3/t22-/m1/s1. The summed E-state index contributed by atoms with van der Waals surface area (Å²) in [6.45, 7) is 9.83. The highest BCUT2D eigenvalue weighted by molar-refractivity contribution is 5.78. The van der Waals surface area contributed by atoms with Gasteiger partial charge < -0.3 is 24.0 Å². The monoisotopic (exact) mass is 478 g/mol. The fourth-order valence-corrected chi connectivity index (χ4v) is 4.33. The predicted molar refractivity (Wildman–Crippen MR) is 134 cm³/mol. The van der Waals surface area contributed by atoms with Crippen LogP contribution in [0.3, 0.4) is 0 Å². The first kappa shape index (κ1) is 24.6. The van der Waals surface area contributed by atoms with Crippen LogP contribution in [0.5, 0.6) is 11.5 Å². The minimum absolute atomic E-state index is 0.306. The molecule has 1 saturated heterocycles. The molecule has 0 aromatic heterocycles. The highest BCUT2D eigenvalue weighted by Gasteiger charge is 2.34. The van der Waals surface area contributed by atoms with Crippen LogP contribution in [-0.2, 0) is 22.6 Å². The van der Waals surface area contributed by atoms with Crippen LogP contribution in [0.25, 0.3) is 6.08 Å². The Balaban J connectivity index is 1.37. The molecule has 0 aliphatic carbocycles. The number of fused-ring (bicyclic) bond motifs is 1. The molecule has 2 aliphatic heterocycles. The van der Waals surface area contributed by atoms with Gasteiger partial charge in [-0.25, -0.2) is 4.79 Å². The molecule has 2 aromatic carbocycles. The molecule has 0 N–H and O–H groups in total. The smallest absolute Gasteiger partial charge is 0.410 e. The number of carbonyl (C=O) groups excluding carboxylic acids is 2. The quantitative estimate of drug-likeness (QED) is 0.437. The van der Waals surface area contributed by atoms with E-state index >= 15 is 0 Å². The summed E-state index contributed by atoms with van der Waals surface area (Å²) in [5, 5.41) is 0. The van der Waals surface area contributed by atoms with Gasteiger partial charge in [-0.15, -0.1) is 0 Å². The lowest BCUT2D eigenvalue weighted by Gasteiger charge is -2.26. The van der Waals surface area contributed by atoms with E-state index in [1.54, 1.807) is 12.0 Å². The molecule has 4 rings (SSSR count). The van der Waals surface area contributed by atoms with Crippen molar-refractivity contribution in [2.45, 2.75) is 52.8 Å². The molecule has 2 heterocycles. The second-order valence-electron chi connectivity index (χ2n) is 10.2. The van der Waals surface area contributed by atoms with Crippen LogP contribution < -0.4 is 9.47 Å². The number of ether oxygens (including phenoxy) is 3. The molecule has 0 radical (unpaired) electrons. The third-order valence-corrected chi connectivity index (χ3v) is 6.20. The summed E-state index contributed by atoms with van der Waals surface area (Å²) in [5.41, 5.74) is 3.80. The molecule has 1 atom stereocenters. The van der Waals surface area contributed by atoms with Gasteiger partial charge in [-0.2, -0.15) is 0 Å². The summed E-state index contributed by atoms with van der Waals surface area (Å²) in [6.07, 6.45) is 4.31. The van der Waals surface area contributed by atoms with Crippen molar-refractivity contribution in [3.8, 4) is 11.5 Å². The van der Waals surface area contributed by atoms with Crippen LogP contribution >= 0.6 is 0 Å². The number of benzene rings is 2. The molecule has 35 heavy (non-hydrogen) atoms. The van der Waals surface area contributed by atoms with Gasteiger partial charge in [0.15, 0.2) is 0 Å². The molecule has 7 nitrogen and oxygen atoms in total. The van der Waals surface area contributed by atoms with Crippen LogP contribution in [0, 0.1) is 12.8 Å². The molecule has 2 aromatic rings. The van der Waals surface area contributed by atoms with Gasteiger partial charge in [0, 0.05) is 32.4 Å². The number of aryl methyl sites for hydroxylation is 1. The fourth-order valence-electron chi connectivity index (χ4n) is 4.33. The van der Waals surface area contributed by atoms with Gasteiger partial charge in [0.25, 0.3) is 0 Å². The van der Waals surface area contributed by atoms with Gasteiger partial charge >= 0.3 is 12.1 Å². The number of likely N-dealkylation sites (tertiary alicyclic amines) is 1. The normalized spacial score (nSPS) is 17.2. The number of methoxy groups -OCH3 is 1. The van der Waals surface area contributed by atoms with Gasteiger partial charge in [0.1, 0.15) is 17.1 Å². The minimum Gasteiger partial charge on any atom is -0.497 e. The fraction of sp³-hybridized carbons (Fsp3) is 0.429. The summed E-state index contributed by atoms with van der Waals surface area (Å²) in [6, 6.07) is 12.1. The molecule has 0 unspecified atom stereocenters. The van der Waals surface area contributed by atoms with Gasteiger partial charge in [0.05, 0.1) is 13.0 Å². The summed E-state index contributed by atoms with van der Waals surface area (Å²) in [4.78, 5) is 29.0. The van der Waals surface area contributed by atoms with E-state index in [1.807, 2.05) is 45.9 Å². The van der Waals surface area contributed by atoms with E-state index in [2.05, 4.69) is 35.4 Å². The molecule has 2 aliphatic rings. The van der Waals surface area contributed by atoms with Gasteiger partial charge in [-0.3, -0.25) is 4.79 Å². The Morgan fingerprint density at radius 2 is 1.86 bits per heavy atom. The maximum atomic E-state index is 12.9. The number of hydrogen-bond donors (Lipinski definition) is 0. The predicted octanol–water partition coefficient (Wildman–Crippen LogP) is 5.15. The summed E-state index contributed by atoms with van der Waals surface area (Å²) in [7, 11) is 1.67. The second kappa shape index (κ2) is 10.0. The zero-order valence-electron chi connectivity index (χ0n) is 21.2. The lowest BCUT2D eigenvalue weighted by molar-refractivity contribution is -0.138. The van der Waals surface area contributed by atoms with E-state index < -0.39 is 5.60 Å². The number of hydrogen-bond acceptors (Lipinski definition) is 6. The van der Waals surface area contributed by atoms with Crippen LogP contribution in [-0.4, -0.2) is 47.7 Å². The van der Waals surface area contributed by atoms with Crippen molar-refractivity contribution in [1.82, 2.24) is 9.80 Å². The Labute approximate surface area is 207 Å². The van der Waals surface area contributed by atoms with Crippen molar-refractivity contribution in [3.05, 3.63) is 64.9 Å². The maximum Gasteiger partial charge on any atom is 0.410 e. The van der Waals surface area contributed by atoms with E-state index in [1.165, 1.54) is 11.1 Å². The Bertz CT molecular complexity index is 1120. The number of nitrogens with zero attached hydrogens (tertiary/aromatic N) is 2. The van der Waals surface area contributed by atoms with Gasteiger partial charge in [-0.1, -0.05) is 12.1 Å². The van der Waals surface area contributed by atoms with E-state index in [-0.39, 0.29) is 18.0 Å². The highest BCUT2D eigenvalue weighted by Crippen LogP contribution is 2.30. The van der Waals surface area contributed by atoms with E-state index in [9.17, 15) is 9.59 Å². The lowest BCUT2D eigenvalue weighted by atomic mass is 10.00. The molecule has 0 spiro atoms. The highest BCUT2D eigenvalue weighted by atomic mass is 16.6. The number of carbonyl (C=O) groups is 2. The molecular weight excluding hydrogens is 444 g/mol. The first-order chi connectivity index (χ1) is 16.6. The van der Waals surface area contributed by atoms with E-state index in [4.69, 9.17) is 14.2 Å². The minimum atomic E-state index is -0.562. The molecule has 7 heteroatoms. The van der Waals surface area contributed by atoms with Crippen LogP contribution in [0.15, 0.2) is 42.6 Å². The molecule has 186 valence electrons. The van der Waals surface area contributed by atoms with Crippen molar-refractivity contribution in [1.29, 1.82) is 0 Å². The summed E-state index contributed by atoms with van der Waals surface area (Å²) >= 11 is 0. The third-order valence-electron chi connectivity index (χ3n) is 6.20.